The van der Waals surface area contributed by atoms with Crippen molar-refractivity contribution in [2.75, 3.05) is 13.2 Å². The molecule has 7 nitrogen and oxygen atoms in total. The second kappa shape index (κ2) is 10.1. The SMILES string of the molecule is CC(C)C(NC(=O)OCC1c2ccccc2-c2ccccc21)C(=O)NCC(=O)OC1CCC1. The van der Waals surface area contributed by atoms with Crippen LogP contribution in [0.4, 0.5) is 4.79 Å². The van der Waals surface area contributed by atoms with E-state index in [9.17, 15) is 14.4 Å². The molecule has 4 rings (SSSR count). The summed E-state index contributed by atoms with van der Waals surface area (Å²) < 4.78 is 10.8. The van der Waals surface area contributed by atoms with Crippen LogP contribution in [0, 0.1) is 5.92 Å². The third kappa shape index (κ3) is 5.18. The molecule has 174 valence electrons. The maximum absolute atomic E-state index is 12.6. The molecule has 2 aliphatic rings. The number of ether oxygens (including phenoxy) is 2. The number of rotatable bonds is 8. The minimum absolute atomic E-state index is 0.0331. The van der Waals surface area contributed by atoms with Gasteiger partial charge in [-0.25, -0.2) is 4.79 Å². The van der Waals surface area contributed by atoms with Crippen molar-refractivity contribution in [2.45, 2.75) is 51.2 Å². The van der Waals surface area contributed by atoms with Crippen molar-refractivity contribution in [1.29, 1.82) is 0 Å². The predicted octanol–water partition coefficient (Wildman–Crippen LogP) is 3.76. The Balaban J connectivity index is 1.32. The normalized spacial score (nSPS) is 15.7. The number of benzene rings is 2. The highest BCUT2D eigenvalue weighted by molar-refractivity contribution is 5.88. The summed E-state index contributed by atoms with van der Waals surface area (Å²) in [6, 6.07) is 15.4. The van der Waals surface area contributed by atoms with Gasteiger partial charge >= 0.3 is 12.1 Å². The third-order valence-electron chi connectivity index (χ3n) is 6.32. The van der Waals surface area contributed by atoms with E-state index >= 15 is 0 Å². The number of carbonyl (C=O) groups is 3. The fourth-order valence-corrected chi connectivity index (χ4v) is 4.29. The first-order valence-electron chi connectivity index (χ1n) is 11.5. The smallest absolute Gasteiger partial charge is 0.407 e. The Morgan fingerprint density at radius 2 is 1.58 bits per heavy atom. The molecule has 2 N–H and O–H groups in total. The van der Waals surface area contributed by atoms with E-state index in [0.717, 1.165) is 41.5 Å². The number of fused-ring (bicyclic) bond motifs is 3. The molecule has 1 atom stereocenters. The first-order valence-corrected chi connectivity index (χ1v) is 11.5. The highest BCUT2D eigenvalue weighted by Crippen LogP contribution is 2.44. The fraction of sp³-hybridized carbons (Fsp3) is 0.423. The molecular formula is C26H30N2O5. The van der Waals surface area contributed by atoms with E-state index in [0.29, 0.717) is 0 Å². The molecule has 0 radical (unpaired) electrons. The number of esters is 1. The first kappa shape index (κ1) is 22.8. The van der Waals surface area contributed by atoms with Gasteiger partial charge in [-0.15, -0.1) is 0 Å². The summed E-state index contributed by atoms with van der Waals surface area (Å²) >= 11 is 0. The standard InChI is InChI=1S/C26H30N2O5/c1-16(2)24(25(30)27-14-23(29)33-17-8-7-9-17)28-26(31)32-15-22-20-12-5-3-10-18(20)19-11-4-6-13-21(19)22/h3-6,10-13,16-17,22,24H,7-9,14-15H2,1-2H3,(H,27,30)(H,28,31). The Morgan fingerprint density at radius 1 is 0.970 bits per heavy atom. The Labute approximate surface area is 193 Å². The van der Waals surface area contributed by atoms with Gasteiger partial charge in [0.2, 0.25) is 5.91 Å². The molecule has 1 saturated carbocycles. The number of hydrogen-bond acceptors (Lipinski definition) is 5. The van der Waals surface area contributed by atoms with Crippen molar-refractivity contribution >= 4 is 18.0 Å². The lowest BCUT2D eigenvalue weighted by Crippen LogP contribution is -2.51. The lowest BCUT2D eigenvalue weighted by molar-refractivity contribution is -0.152. The van der Waals surface area contributed by atoms with Gasteiger partial charge in [-0.2, -0.15) is 0 Å². The van der Waals surface area contributed by atoms with Gasteiger partial charge in [0.1, 0.15) is 25.3 Å². The lowest BCUT2D eigenvalue weighted by atomic mass is 9.96. The van der Waals surface area contributed by atoms with Crippen LogP contribution in [0.3, 0.4) is 0 Å². The molecular weight excluding hydrogens is 420 g/mol. The van der Waals surface area contributed by atoms with E-state index in [1.54, 1.807) is 0 Å². The predicted molar refractivity (Wildman–Crippen MR) is 124 cm³/mol. The van der Waals surface area contributed by atoms with Crippen molar-refractivity contribution in [3.05, 3.63) is 59.7 Å². The van der Waals surface area contributed by atoms with Crippen LogP contribution in [-0.4, -0.2) is 43.3 Å². The zero-order valence-corrected chi connectivity index (χ0v) is 19.0. The second-order valence-corrected chi connectivity index (χ2v) is 8.95. The molecule has 2 aromatic rings. The van der Waals surface area contributed by atoms with Gasteiger partial charge in [-0.1, -0.05) is 62.4 Å². The maximum Gasteiger partial charge on any atom is 0.407 e. The molecule has 33 heavy (non-hydrogen) atoms. The highest BCUT2D eigenvalue weighted by atomic mass is 16.6. The summed E-state index contributed by atoms with van der Waals surface area (Å²) in [5.41, 5.74) is 4.54. The quantitative estimate of drug-likeness (QED) is 0.598. The van der Waals surface area contributed by atoms with Crippen LogP contribution in [0.1, 0.15) is 50.2 Å². The van der Waals surface area contributed by atoms with E-state index in [1.165, 1.54) is 0 Å². The molecule has 2 aromatic carbocycles. The van der Waals surface area contributed by atoms with E-state index in [-0.39, 0.29) is 31.1 Å². The lowest BCUT2D eigenvalue weighted by Gasteiger charge is -2.25. The molecule has 0 saturated heterocycles. The largest absolute Gasteiger partial charge is 0.461 e. The molecule has 2 aliphatic carbocycles. The highest BCUT2D eigenvalue weighted by Gasteiger charge is 2.30. The van der Waals surface area contributed by atoms with Crippen molar-refractivity contribution in [3.63, 3.8) is 0 Å². The Morgan fingerprint density at radius 3 is 2.12 bits per heavy atom. The van der Waals surface area contributed by atoms with Gasteiger partial charge in [0.05, 0.1) is 0 Å². The van der Waals surface area contributed by atoms with Crippen LogP contribution in [0.25, 0.3) is 11.1 Å². The molecule has 7 heteroatoms. The minimum atomic E-state index is -0.822. The second-order valence-electron chi connectivity index (χ2n) is 8.95. The van der Waals surface area contributed by atoms with Crippen LogP contribution in [0.15, 0.2) is 48.5 Å². The number of amides is 2. The van der Waals surface area contributed by atoms with Gasteiger partial charge in [0, 0.05) is 5.92 Å². The van der Waals surface area contributed by atoms with Crippen molar-refractivity contribution in [2.24, 2.45) is 5.92 Å². The van der Waals surface area contributed by atoms with E-state index in [2.05, 4.69) is 22.8 Å². The first-order chi connectivity index (χ1) is 15.9. The summed E-state index contributed by atoms with van der Waals surface area (Å²) in [5, 5.41) is 5.21. The summed E-state index contributed by atoms with van der Waals surface area (Å²) in [6.45, 7) is 3.59. The van der Waals surface area contributed by atoms with Crippen LogP contribution in [-0.2, 0) is 19.1 Å². The van der Waals surface area contributed by atoms with Crippen molar-refractivity contribution in [3.8, 4) is 11.1 Å². The zero-order valence-electron chi connectivity index (χ0n) is 19.0. The maximum atomic E-state index is 12.6. The molecule has 1 unspecified atom stereocenters. The van der Waals surface area contributed by atoms with Crippen LogP contribution < -0.4 is 10.6 Å². The number of nitrogens with one attached hydrogen (secondary N) is 2. The molecule has 0 heterocycles. The Bertz CT molecular complexity index is 985. The Kier molecular flexibility index (Phi) is 6.96. The van der Waals surface area contributed by atoms with Crippen molar-refractivity contribution < 1.29 is 23.9 Å². The molecule has 0 aromatic heterocycles. The molecule has 0 aliphatic heterocycles. The molecule has 0 spiro atoms. The monoisotopic (exact) mass is 450 g/mol. The van der Waals surface area contributed by atoms with Gasteiger partial charge in [0.15, 0.2) is 0 Å². The summed E-state index contributed by atoms with van der Waals surface area (Å²) in [6.07, 6.45) is 2.11. The number of carbonyl (C=O) groups excluding carboxylic acids is 3. The van der Waals surface area contributed by atoms with Crippen LogP contribution in [0.2, 0.25) is 0 Å². The summed E-state index contributed by atoms with van der Waals surface area (Å²) in [5.74, 6) is -1.15. The van der Waals surface area contributed by atoms with Crippen molar-refractivity contribution in [1.82, 2.24) is 10.6 Å². The molecule has 0 bridgehead atoms. The average molecular weight is 451 g/mol. The summed E-state index contributed by atoms with van der Waals surface area (Å²) in [7, 11) is 0. The minimum Gasteiger partial charge on any atom is -0.461 e. The van der Waals surface area contributed by atoms with Gasteiger partial charge < -0.3 is 20.1 Å². The number of alkyl carbamates (subject to hydrolysis) is 1. The van der Waals surface area contributed by atoms with E-state index < -0.39 is 24.0 Å². The van der Waals surface area contributed by atoms with E-state index in [1.807, 2.05) is 50.2 Å². The van der Waals surface area contributed by atoms with Crippen LogP contribution >= 0.6 is 0 Å². The summed E-state index contributed by atoms with van der Waals surface area (Å²) in [4.78, 5) is 37.0. The topological polar surface area (TPSA) is 93.7 Å². The number of hydrogen-bond donors (Lipinski definition) is 2. The van der Waals surface area contributed by atoms with Gasteiger partial charge in [-0.05, 0) is 47.4 Å². The molecule has 2 amide bonds. The third-order valence-corrected chi connectivity index (χ3v) is 6.32. The van der Waals surface area contributed by atoms with Crippen LogP contribution in [0.5, 0.6) is 0 Å². The van der Waals surface area contributed by atoms with Gasteiger partial charge in [-0.3, -0.25) is 9.59 Å². The fourth-order valence-electron chi connectivity index (χ4n) is 4.29. The van der Waals surface area contributed by atoms with Gasteiger partial charge in [0.25, 0.3) is 0 Å². The Hall–Kier alpha value is -3.35. The van der Waals surface area contributed by atoms with E-state index in [4.69, 9.17) is 9.47 Å². The molecule has 1 fully saturated rings. The average Bonchev–Trinajstić information content (AvgIpc) is 3.10. The zero-order chi connectivity index (χ0) is 23.4.